The Morgan fingerprint density at radius 1 is 1.12 bits per heavy atom. The van der Waals surface area contributed by atoms with E-state index in [-0.39, 0.29) is 17.7 Å². The van der Waals surface area contributed by atoms with Crippen LogP contribution >= 0.6 is 0 Å². The molecule has 0 aliphatic carbocycles. The molecule has 4 rings (SSSR count). The fourth-order valence-electron chi connectivity index (χ4n) is 4.82. The molecule has 40 heavy (non-hydrogen) atoms. The number of aromatic nitrogens is 1. The van der Waals surface area contributed by atoms with Gasteiger partial charge >= 0.3 is 6.18 Å². The van der Waals surface area contributed by atoms with E-state index < -0.39 is 54.7 Å². The van der Waals surface area contributed by atoms with E-state index in [4.69, 9.17) is 10.3 Å². The first kappa shape index (κ1) is 28.5. The maximum absolute atomic E-state index is 13.7. The molecule has 12 heteroatoms. The molecular formula is C28H28F3N5O4. The Kier molecular flexibility index (Phi) is 8.36. The minimum atomic E-state index is -4.46. The number of nitrogens with zero attached hydrogens (tertiary/aromatic N) is 3. The molecular weight excluding hydrogens is 527 g/mol. The van der Waals surface area contributed by atoms with Crippen LogP contribution in [0.25, 0.3) is 0 Å². The maximum atomic E-state index is 13.7. The summed E-state index contributed by atoms with van der Waals surface area (Å²) in [5.41, 5.74) is 8.43. The average molecular weight is 556 g/mol. The number of anilines is 1. The van der Waals surface area contributed by atoms with E-state index in [1.165, 1.54) is 18.9 Å². The van der Waals surface area contributed by atoms with Crippen molar-refractivity contribution in [3.05, 3.63) is 83.2 Å². The Bertz CT molecular complexity index is 1420. The lowest BCUT2D eigenvalue weighted by molar-refractivity contribution is -0.139. The molecule has 9 nitrogen and oxygen atoms in total. The van der Waals surface area contributed by atoms with Crippen LogP contribution in [0, 0.1) is 12.8 Å². The standard InChI is InChI=1S/C28H28F3N5O4/c1-16-20(15-40-35-16)22(24(32)37)19(12-8-14-28(29,30)31)26(38)34-25-27(39)36(2)21-13-7-6-11-18(21)23(33-25)17-9-4-3-5-10-17/h3-7,9-11,13,15,19,22,25H,8,12,14H2,1-2H3,(H2,32,37)(H,34,38). The first-order valence-corrected chi connectivity index (χ1v) is 12.6. The van der Waals surface area contributed by atoms with Gasteiger partial charge in [-0.2, -0.15) is 13.2 Å². The Hall–Kier alpha value is -4.48. The van der Waals surface area contributed by atoms with Crippen molar-refractivity contribution in [2.24, 2.45) is 16.6 Å². The molecule has 3 unspecified atom stereocenters. The summed E-state index contributed by atoms with van der Waals surface area (Å²) in [7, 11) is 1.54. The SMILES string of the molecule is Cc1nocc1C(C(N)=O)C(CCCC(F)(F)F)C(=O)NC1N=C(c2ccccc2)c2ccccc2N(C)C1=O. The number of alkyl halides is 3. The molecule has 1 aromatic heterocycles. The first-order valence-electron chi connectivity index (χ1n) is 12.6. The number of fused-ring (bicyclic) bond motifs is 1. The number of nitrogens with two attached hydrogens (primary N) is 1. The fourth-order valence-corrected chi connectivity index (χ4v) is 4.82. The minimum Gasteiger partial charge on any atom is -0.369 e. The second-order valence-electron chi connectivity index (χ2n) is 9.52. The summed E-state index contributed by atoms with van der Waals surface area (Å²) in [5.74, 6) is -5.05. The van der Waals surface area contributed by atoms with Gasteiger partial charge < -0.3 is 20.5 Å². The van der Waals surface area contributed by atoms with Crippen molar-refractivity contribution in [3.8, 4) is 0 Å². The van der Waals surface area contributed by atoms with Crippen molar-refractivity contribution in [2.45, 2.75) is 44.4 Å². The van der Waals surface area contributed by atoms with Crippen molar-refractivity contribution in [1.82, 2.24) is 10.5 Å². The summed E-state index contributed by atoms with van der Waals surface area (Å²) in [5, 5.41) is 6.30. The number of rotatable bonds is 9. The number of primary amides is 1. The van der Waals surface area contributed by atoms with Crippen molar-refractivity contribution >= 4 is 29.1 Å². The number of likely N-dealkylation sites (N-methyl/N-ethyl adjacent to an activating group) is 1. The van der Waals surface area contributed by atoms with Gasteiger partial charge in [0.1, 0.15) is 6.26 Å². The molecule has 3 aromatic rings. The number of carbonyl (C=O) groups is 3. The van der Waals surface area contributed by atoms with E-state index in [0.717, 1.165) is 6.26 Å². The van der Waals surface area contributed by atoms with Crippen molar-refractivity contribution in [1.29, 1.82) is 0 Å². The highest BCUT2D eigenvalue weighted by Gasteiger charge is 2.39. The molecule has 3 amide bonds. The minimum absolute atomic E-state index is 0.185. The van der Waals surface area contributed by atoms with Crippen LogP contribution < -0.4 is 16.0 Å². The third-order valence-corrected chi connectivity index (χ3v) is 6.81. The topological polar surface area (TPSA) is 131 Å². The molecule has 3 N–H and O–H groups in total. The zero-order valence-corrected chi connectivity index (χ0v) is 21.8. The van der Waals surface area contributed by atoms with Gasteiger partial charge in [-0.3, -0.25) is 14.4 Å². The van der Waals surface area contributed by atoms with Crippen LogP contribution in [0.2, 0.25) is 0 Å². The highest BCUT2D eigenvalue weighted by atomic mass is 19.4. The predicted molar refractivity (Wildman–Crippen MR) is 140 cm³/mol. The molecule has 1 aliphatic heterocycles. The van der Waals surface area contributed by atoms with E-state index in [2.05, 4.69) is 15.5 Å². The van der Waals surface area contributed by atoms with E-state index in [0.29, 0.717) is 22.5 Å². The molecule has 0 saturated heterocycles. The number of hydrogen-bond donors (Lipinski definition) is 2. The zero-order chi connectivity index (χ0) is 29.0. The Morgan fingerprint density at radius 3 is 2.42 bits per heavy atom. The largest absolute Gasteiger partial charge is 0.389 e. The van der Waals surface area contributed by atoms with Crippen LogP contribution in [0.4, 0.5) is 18.9 Å². The third kappa shape index (κ3) is 6.22. The van der Waals surface area contributed by atoms with Gasteiger partial charge in [0.05, 0.1) is 28.9 Å². The van der Waals surface area contributed by atoms with Crippen LogP contribution in [0.15, 0.2) is 70.4 Å². The van der Waals surface area contributed by atoms with Crippen LogP contribution in [-0.2, 0) is 14.4 Å². The summed E-state index contributed by atoms with van der Waals surface area (Å²) in [6.45, 7) is 1.52. The number of aryl methyl sites for hydroxylation is 1. The summed E-state index contributed by atoms with van der Waals surface area (Å²) in [4.78, 5) is 45.7. The fraction of sp³-hybridized carbons (Fsp3) is 0.321. The quantitative estimate of drug-likeness (QED) is 0.414. The highest BCUT2D eigenvalue weighted by molar-refractivity contribution is 6.20. The van der Waals surface area contributed by atoms with Gasteiger partial charge in [-0.25, -0.2) is 4.99 Å². The second kappa shape index (κ2) is 11.7. The Labute approximate surface area is 228 Å². The third-order valence-electron chi connectivity index (χ3n) is 6.81. The van der Waals surface area contributed by atoms with Crippen molar-refractivity contribution in [2.75, 3.05) is 11.9 Å². The van der Waals surface area contributed by atoms with E-state index in [1.54, 1.807) is 36.4 Å². The zero-order valence-electron chi connectivity index (χ0n) is 21.8. The number of para-hydroxylation sites is 1. The number of benzene rings is 2. The first-order chi connectivity index (χ1) is 19.0. The number of halogens is 3. The van der Waals surface area contributed by atoms with Gasteiger partial charge in [0.25, 0.3) is 5.91 Å². The van der Waals surface area contributed by atoms with Crippen LogP contribution in [0.3, 0.4) is 0 Å². The molecule has 0 saturated carbocycles. The molecule has 1 aliphatic rings. The number of aliphatic imine (C=N–C) groups is 1. The summed E-state index contributed by atoms with van der Waals surface area (Å²) in [6.07, 6.45) is -6.70. The molecule has 2 aromatic carbocycles. The van der Waals surface area contributed by atoms with Crippen LogP contribution in [-0.4, -0.2) is 48.0 Å². The molecule has 0 radical (unpaired) electrons. The Morgan fingerprint density at radius 2 is 1.80 bits per heavy atom. The van der Waals surface area contributed by atoms with Gasteiger partial charge in [0.15, 0.2) is 0 Å². The lowest BCUT2D eigenvalue weighted by Crippen LogP contribution is -2.49. The lowest BCUT2D eigenvalue weighted by Gasteiger charge is -2.26. The normalized spacial score (nSPS) is 16.9. The number of nitrogens with one attached hydrogen (secondary N) is 1. The molecule has 2 heterocycles. The smallest absolute Gasteiger partial charge is 0.369 e. The van der Waals surface area contributed by atoms with E-state index in [1.807, 2.05) is 18.2 Å². The van der Waals surface area contributed by atoms with Crippen molar-refractivity contribution in [3.63, 3.8) is 0 Å². The van der Waals surface area contributed by atoms with Crippen LogP contribution in [0.1, 0.15) is 47.6 Å². The summed E-state index contributed by atoms with van der Waals surface area (Å²) >= 11 is 0. The summed E-state index contributed by atoms with van der Waals surface area (Å²) < 4.78 is 43.8. The summed E-state index contributed by atoms with van der Waals surface area (Å²) in [6, 6.07) is 16.2. The monoisotopic (exact) mass is 555 g/mol. The predicted octanol–water partition coefficient (Wildman–Crippen LogP) is 3.86. The van der Waals surface area contributed by atoms with Gasteiger partial charge in [-0.15, -0.1) is 0 Å². The second-order valence-corrected chi connectivity index (χ2v) is 9.52. The number of amides is 3. The molecule has 210 valence electrons. The maximum Gasteiger partial charge on any atom is 0.389 e. The number of benzodiazepines with no additional fused rings is 1. The van der Waals surface area contributed by atoms with Gasteiger partial charge in [-0.1, -0.05) is 53.7 Å². The van der Waals surface area contributed by atoms with Crippen molar-refractivity contribution < 1.29 is 32.1 Å². The van der Waals surface area contributed by atoms with Crippen LogP contribution in [0.5, 0.6) is 0 Å². The van der Waals surface area contributed by atoms with E-state index >= 15 is 0 Å². The number of carbonyl (C=O) groups excluding carboxylic acids is 3. The molecule has 0 bridgehead atoms. The van der Waals surface area contributed by atoms with Gasteiger partial charge in [0.2, 0.25) is 18.0 Å². The highest BCUT2D eigenvalue weighted by Crippen LogP contribution is 2.33. The van der Waals surface area contributed by atoms with Gasteiger partial charge in [-0.05, 0) is 25.8 Å². The molecule has 0 spiro atoms. The van der Waals surface area contributed by atoms with E-state index in [9.17, 15) is 27.6 Å². The van der Waals surface area contributed by atoms with Gasteiger partial charge in [0, 0.05) is 30.2 Å². The molecule has 0 fully saturated rings. The Balaban J connectivity index is 1.73. The molecule has 3 atom stereocenters. The average Bonchev–Trinajstić information content (AvgIpc) is 3.30. The lowest BCUT2D eigenvalue weighted by atomic mass is 9.81. The number of hydrogen-bond acceptors (Lipinski definition) is 6.